The number of nitrogens with zero attached hydrogens (tertiary/aromatic N) is 1. The van der Waals surface area contributed by atoms with Gasteiger partial charge in [0.1, 0.15) is 43.6 Å². The summed E-state index contributed by atoms with van der Waals surface area (Å²) in [6.45, 7) is 10.2. The Kier molecular flexibility index (Phi) is 5.64. The number of nitrogens with one attached hydrogen (secondary N) is 4. The van der Waals surface area contributed by atoms with Gasteiger partial charge in [-0.15, -0.1) is 11.3 Å². The van der Waals surface area contributed by atoms with E-state index in [0.29, 0.717) is 6.54 Å². The van der Waals surface area contributed by atoms with Gasteiger partial charge in [-0.05, 0) is 25.1 Å². The van der Waals surface area contributed by atoms with E-state index in [9.17, 15) is 4.79 Å². The number of hydrogen-bond donors (Lipinski definition) is 4. The number of quaternary nitrogens is 1. The Morgan fingerprint density at radius 2 is 2.00 bits per heavy atom. The lowest BCUT2D eigenvalue weighted by Crippen LogP contribution is -3.17. The number of thiophene rings is 1. The standard InChI is InChI=1S/C21H25N5O2S/c1-14-12-15-19(23-16-6-4-5-7-17(16)24-20(15)29-14)26-10-8-25(9-11-26)13-18(22-2)21(27)28-3/h4-7,12,18H,2,8-11,13H2,1,3H3,(H,23,24)/p+3. The van der Waals surface area contributed by atoms with Crippen LogP contribution in [0.25, 0.3) is 0 Å². The third-order valence-corrected chi connectivity index (χ3v) is 6.52. The Morgan fingerprint density at radius 3 is 2.66 bits per heavy atom. The maximum atomic E-state index is 11.9. The van der Waals surface area contributed by atoms with Crippen LogP contribution in [0.5, 0.6) is 0 Å². The maximum absolute atomic E-state index is 11.9. The molecule has 3 heterocycles. The van der Waals surface area contributed by atoms with Crippen LogP contribution in [0, 0.1) is 6.92 Å². The topological polar surface area (TPSA) is 71.8 Å². The van der Waals surface area contributed by atoms with Crippen molar-refractivity contribution in [3.8, 4) is 0 Å². The average Bonchev–Trinajstić information content (AvgIpc) is 3.03. The molecular formula is C21H28N5O2S+3. The monoisotopic (exact) mass is 414 g/mol. The highest BCUT2D eigenvalue weighted by Crippen LogP contribution is 2.37. The number of rotatable bonds is 4. The number of ether oxygens (including phenoxy) is 1. The van der Waals surface area contributed by atoms with Gasteiger partial charge in [-0.2, -0.15) is 0 Å². The summed E-state index contributed by atoms with van der Waals surface area (Å²) in [7, 11) is 1.42. The van der Waals surface area contributed by atoms with Crippen LogP contribution < -0.4 is 20.5 Å². The number of methoxy groups -OCH3 is 1. The summed E-state index contributed by atoms with van der Waals surface area (Å²) < 4.78 is 7.28. The molecular weight excluding hydrogens is 386 g/mol. The average molecular weight is 415 g/mol. The Balaban J connectivity index is 1.57. The van der Waals surface area contributed by atoms with E-state index >= 15 is 0 Å². The van der Waals surface area contributed by atoms with Crippen molar-refractivity contribution in [3.05, 3.63) is 40.8 Å². The molecule has 1 saturated heterocycles. The molecule has 0 spiro atoms. The van der Waals surface area contributed by atoms with Crippen molar-refractivity contribution in [1.82, 2.24) is 0 Å². The zero-order valence-corrected chi connectivity index (χ0v) is 17.7. The van der Waals surface area contributed by atoms with Crippen LogP contribution in [-0.2, 0) is 9.53 Å². The van der Waals surface area contributed by atoms with Gasteiger partial charge in [0, 0.05) is 4.88 Å². The molecule has 4 rings (SSSR count). The fourth-order valence-corrected chi connectivity index (χ4v) is 4.90. The first kappa shape index (κ1) is 19.6. The van der Waals surface area contributed by atoms with Crippen molar-refractivity contribution >= 4 is 46.2 Å². The Hall–Kier alpha value is -2.71. The minimum atomic E-state index is -0.368. The summed E-state index contributed by atoms with van der Waals surface area (Å²) in [5, 5.41) is 8.44. The smallest absolute Gasteiger partial charge is 0.381 e. The summed E-state index contributed by atoms with van der Waals surface area (Å²) in [5.41, 5.74) is 3.40. The first-order valence-corrected chi connectivity index (χ1v) is 10.7. The lowest BCUT2D eigenvalue weighted by molar-refractivity contribution is -0.939. The molecule has 1 aromatic heterocycles. The molecule has 2 aromatic rings. The minimum Gasteiger partial charge on any atom is -0.464 e. The van der Waals surface area contributed by atoms with Crippen molar-refractivity contribution in [1.29, 1.82) is 0 Å². The molecule has 0 saturated carbocycles. The first-order chi connectivity index (χ1) is 14.1. The van der Waals surface area contributed by atoms with Crippen molar-refractivity contribution in [2.45, 2.75) is 13.0 Å². The molecule has 2 aliphatic heterocycles. The van der Waals surface area contributed by atoms with E-state index in [1.165, 1.54) is 27.5 Å². The normalized spacial score (nSPS) is 19.2. The molecule has 29 heavy (non-hydrogen) atoms. The van der Waals surface area contributed by atoms with Crippen LogP contribution in [0.3, 0.4) is 0 Å². The van der Waals surface area contributed by atoms with E-state index in [4.69, 9.17) is 4.74 Å². The summed E-state index contributed by atoms with van der Waals surface area (Å²) in [4.78, 5) is 17.3. The van der Waals surface area contributed by atoms with Gasteiger partial charge in [0.2, 0.25) is 0 Å². The van der Waals surface area contributed by atoms with E-state index in [1.54, 1.807) is 11.3 Å². The molecule has 7 nitrogen and oxygen atoms in total. The van der Waals surface area contributed by atoms with E-state index in [-0.39, 0.29) is 12.0 Å². The van der Waals surface area contributed by atoms with E-state index in [0.717, 1.165) is 43.4 Å². The van der Waals surface area contributed by atoms with E-state index in [2.05, 4.69) is 64.2 Å². The van der Waals surface area contributed by atoms with Crippen LogP contribution in [0.15, 0.2) is 30.3 Å². The molecule has 4 N–H and O–H groups in total. The van der Waals surface area contributed by atoms with Gasteiger partial charge < -0.3 is 15.0 Å². The third kappa shape index (κ3) is 4.04. The SMILES string of the molecule is C=[NH+]C(C[NH+]1CC[N+](=C2Nc3ccccc3Nc3sc(C)cc32)CC1)C(=O)OC. The first-order valence-electron chi connectivity index (χ1n) is 9.89. The van der Waals surface area contributed by atoms with Gasteiger partial charge in [0.15, 0.2) is 6.54 Å². The largest absolute Gasteiger partial charge is 0.464 e. The number of esters is 1. The summed E-state index contributed by atoms with van der Waals surface area (Å²) in [6.07, 6.45) is 0. The fourth-order valence-electron chi connectivity index (χ4n) is 3.97. The third-order valence-electron chi connectivity index (χ3n) is 5.55. The van der Waals surface area contributed by atoms with Gasteiger partial charge in [0.25, 0.3) is 11.9 Å². The Bertz CT molecular complexity index is 958. The number of aryl methyl sites for hydroxylation is 1. The number of carbonyl (C=O) groups excluding carboxylic acids is 1. The molecule has 1 atom stereocenters. The molecule has 1 fully saturated rings. The quantitative estimate of drug-likeness (QED) is 0.301. The van der Waals surface area contributed by atoms with Crippen molar-refractivity contribution in [2.24, 2.45) is 0 Å². The molecule has 1 unspecified atom stereocenters. The molecule has 2 aliphatic rings. The number of amidine groups is 1. The zero-order chi connectivity index (χ0) is 20.4. The van der Waals surface area contributed by atoms with E-state index in [1.807, 2.05) is 0 Å². The van der Waals surface area contributed by atoms with E-state index < -0.39 is 0 Å². The predicted molar refractivity (Wildman–Crippen MR) is 116 cm³/mol. The van der Waals surface area contributed by atoms with Gasteiger partial charge in [-0.3, -0.25) is 0 Å². The Labute approximate surface area is 174 Å². The van der Waals surface area contributed by atoms with Gasteiger partial charge in [-0.1, -0.05) is 12.1 Å². The number of para-hydroxylation sites is 2. The fraction of sp³-hybridized carbons (Fsp3) is 0.381. The predicted octanol–water partition coefficient (Wildman–Crippen LogP) is -0.794. The lowest BCUT2D eigenvalue weighted by Gasteiger charge is -2.25. The van der Waals surface area contributed by atoms with Crippen LogP contribution in [-0.4, -0.2) is 69.0 Å². The molecule has 8 heteroatoms. The highest BCUT2D eigenvalue weighted by Gasteiger charge is 2.33. The lowest BCUT2D eigenvalue weighted by atomic mass is 10.2. The number of piperazine rings is 1. The van der Waals surface area contributed by atoms with Gasteiger partial charge in [0.05, 0.1) is 18.4 Å². The maximum Gasteiger partial charge on any atom is 0.381 e. The van der Waals surface area contributed by atoms with Crippen molar-refractivity contribution in [3.63, 3.8) is 0 Å². The zero-order valence-electron chi connectivity index (χ0n) is 16.9. The Morgan fingerprint density at radius 1 is 1.31 bits per heavy atom. The molecule has 152 valence electrons. The number of benzene rings is 1. The van der Waals surface area contributed by atoms with Crippen LogP contribution in [0.1, 0.15) is 10.4 Å². The second-order valence-corrected chi connectivity index (χ2v) is 8.72. The second-order valence-electron chi connectivity index (χ2n) is 7.47. The molecule has 0 amide bonds. The van der Waals surface area contributed by atoms with Crippen molar-refractivity contribution in [2.75, 3.05) is 50.5 Å². The number of fused-ring (bicyclic) bond motifs is 2. The number of anilines is 3. The van der Waals surface area contributed by atoms with Crippen LogP contribution in [0.4, 0.5) is 16.4 Å². The summed E-state index contributed by atoms with van der Waals surface area (Å²) in [6, 6.07) is 10.2. The second kappa shape index (κ2) is 8.34. The molecule has 0 aliphatic carbocycles. The highest BCUT2D eigenvalue weighted by atomic mass is 32.1. The summed E-state index contributed by atoms with van der Waals surface area (Å²) in [5.74, 6) is 0.900. The number of carbonyl (C=O) groups is 1. The van der Waals surface area contributed by atoms with Crippen molar-refractivity contribution < 1.29 is 24.0 Å². The van der Waals surface area contributed by atoms with Crippen LogP contribution >= 0.6 is 11.3 Å². The number of hydrogen-bond acceptors (Lipinski definition) is 4. The van der Waals surface area contributed by atoms with Crippen LogP contribution in [0.2, 0.25) is 0 Å². The summed E-state index contributed by atoms with van der Waals surface area (Å²) >= 11 is 1.78. The minimum absolute atomic E-state index is 0.254. The van der Waals surface area contributed by atoms with Gasteiger partial charge in [-0.25, -0.2) is 19.7 Å². The molecule has 1 aromatic carbocycles. The highest BCUT2D eigenvalue weighted by molar-refractivity contribution is 7.16. The molecule has 0 bridgehead atoms. The molecule has 0 radical (unpaired) electrons. The van der Waals surface area contributed by atoms with Gasteiger partial charge >= 0.3 is 5.97 Å².